The van der Waals surface area contributed by atoms with E-state index in [-0.39, 0.29) is 11.4 Å². The third-order valence-electron chi connectivity index (χ3n) is 4.17. The Balaban J connectivity index is 1.73. The lowest BCUT2D eigenvalue weighted by atomic mass is 10.2. The Labute approximate surface area is 168 Å². The Morgan fingerprint density at radius 2 is 1.31 bits per heavy atom. The molecule has 148 valence electrons. The van der Waals surface area contributed by atoms with Crippen molar-refractivity contribution in [3.05, 3.63) is 77.6 Å². The van der Waals surface area contributed by atoms with Gasteiger partial charge in [-0.3, -0.25) is 9.59 Å². The summed E-state index contributed by atoms with van der Waals surface area (Å²) in [4.78, 5) is 29.2. The molecule has 0 bridgehead atoms. The number of hydrogen-bond donors (Lipinski definition) is 2. The summed E-state index contributed by atoms with van der Waals surface area (Å²) in [5, 5.41) is 5.50. The zero-order chi connectivity index (χ0) is 20.8. The number of aryl methyl sites for hydroxylation is 1. The zero-order valence-electron chi connectivity index (χ0n) is 16.4. The number of methoxy groups -OCH3 is 2. The van der Waals surface area contributed by atoms with Gasteiger partial charge < -0.3 is 20.1 Å². The van der Waals surface area contributed by atoms with Crippen molar-refractivity contribution in [1.29, 1.82) is 0 Å². The summed E-state index contributed by atoms with van der Waals surface area (Å²) in [6.07, 6.45) is 0. The van der Waals surface area contributed by atoms with Gasteiger partial charge >= 0.3 is 0 Å². The van der Waals surface area contributed by atoms with Gasteiger partial charge in [-0.2, -0.15) is 0 Å². The Morgan fingerprint density at radius 3 is 1.90 bits per heavy atom. The van der Waals surface area contributed by atoms with Gasteiger partial charge in [0.15, 0.2) is 11.5 Å². The number of amides is 2. The molecule has 0 fully saturated rings. The van der Waals surface area contributed by atoms with Crippen LogP contribution in [-0.4, -0.2) is 31.0 Å². The average Bonchev–Trinajstić information content (AvgIpc) is 2.75. The number of ether oxygens (including phenoxy) is 2. The lowest BCUT2D eigenvalue weighted by molar-refractivity contribution is 0.101. The van der Waals surface area contributed by atoms with Crippen molar-refractivity contribution in [2.45, 2.75) is 6.92 Å². The van der Waals surface area contributed by atoms with E-state index < -0.39 is 11.8 Å². The van der Waals surface area contributed by atoms with Crippen molar-refractivity contribution in [3.8, 4) is 11.5 Å². The minimum atomic E-state index is -0.442. The third kappa shape index (κ3) is 4.90. The molecule has 29 heavy (non-hydrogen) atoms. The van der Waals surface area contributed by atoms with E-state index in [1.165, 1.54) is 14.2 Å². The molecule has 0 unspecified atom stereocenters. The standard InChI is InChI=1S/C22H21N3O4/c1-14-7-9-15(10-8-14)23-21(26)17-5-4-6-18(25-17)22(27)24-16-11-12-19(28-2)20(13-16)29-3/h4-13H,1-3H3,(H,23,26)(H,24,27). The van der Waals surface area contributed by atoms with Gasteiger partial charge in [-0.05, 0) is 43.3 Å². The first-order valence-corrected chi connectivity index (χ1v) is 8.88. The van der Waals surface area contributed by atoms with Gasteiger partial charge in [0.1, 0.15) is 11.4 Å². The number of pyridine rings is 1. The molecular formula is C22H21N3O4. The topological polar surface area (TPSA) is 89.5 Å². The molecule has 0 aliphatic heterocycles. The molecule has 2 aromatic carbocycles. The van der Waals surface area contributed by atoms with Crippen molar-refractivity contribution in [2.24, 2.45) is 0 Å². The molecule has 0 atom stereocenters. The summed E-state index contributed by atoms with van der Waals surface area (Å²) < 4.78 is 10.4. The quantitative estimate of drug-likeness (QED) is 0.665. The Kier molecular flexibility index (Phi) is 6.09. The molecule has 0 aliphatic rings. The van der Waals surface area contributed by atoms with E-state index in [1.54, 1.807) is 48.5 Å². The van der Waals surface area contributed by atoms with Crippen molar-refractivity contribution in [2.75, 3.05) is 24.9 Å². The SMILES string of the molecule is COc1ccc(NC(=O)c2cccc(C(=O)Nc3ccc(C)cc3)n2)cc1OC. The molecule has 0 spiro atoms. The van der Waals surface area contributed by atoms with E-state index in [4.69, 9.17) is 9.47 Å². The third-order valence-corrected chi connectivity index (χ3v) is 4.17. The van der Waals surface area contributed by atoms with Crippen LogP contribution in [0.15, 0.2) is 60.7 Å². The summed E-state index contributed by atoms with van der Waals surface area (Å²) in [7, 11) is 3.05. The lowest BCUT2D eigenvalue weighted by Crippen LogP contribution is -2.18. The molecule has 0 radical (unpaired) electrons. The van der Waals surface area contributed by atoms with Crippen LogP contribution in [0.3, 0.4) is 0 Å². The number of benzene rings is 2. The fourth-order valence-corrected chi connectivity index (χ4v) is 2.63. The minimum absolute atomic E-state index is 0.122. The largest absolute Gasteiger partial charge is 0.493 e. The molecule has 3 rings (SSSR count). The van der Waals surface area contributed by atoms with Gasteiger partial charge in [-0.25, -0.2) is 4.98 Å². The number of nitrogens with one attached hydrogen (secondary N) is 2. The molecule has 7 heteroatoms. The summed E-state index contributed by atoms with van der Waals surface area (Å²) in [6, 6.07) is 17.1. The van der Waals surface area contributed by atoms with Crippen LogP contribution >= 0.6 is 0 Å². The number of nitrogens with zero attached hydrogens (tertiary/aromatic N) is 1. The molecular weight excluding hydrogens is 370 g/mol. The highest BCUT2D eigenvalue weighted by Crippen LogP contribution is 2.29. The van der Waals surface area contributed by atoms with Gasteiger partial charge in [0, 0.05) is 17.4 Å². The van der Waals surface area contributed by atoms with E-state index in [1.807, 2.05) is 19.1 Å². The van der Waals surface area contributed by atoms with Crippen molar-refractivity contribution in [1.82, 2.24) is 4.98 Å². The molecule has 2 amide bonds. The molecule has 0 saturated carbocycles. The Morgan fingerprint density at radius 1 is 0.759 bits per heavy atom. The second kappa shape index (κ2) is 8.88. The maximum absolute atomic E-state index is 12.6. The number of hydrogen-bond acceptors (Lipinski definition) is 5. The van der Waals surface area contributed by atoms with Crippen LogP contribution in [-0.2, 0) is 0 Å². The first kappa shape index (κ1) is 19.9. The van der Waals surface area contributed by atoms with Crippen molar-refractivity contribution < 1.29 is 19.1 Å². The highest BCUT2D eigenvalue weighted by molar-refractivity contribution is 6.06. The van der Waals surface area contributed by atoms with E-state index in [0.29, 0.717) is 22.9 Å². The van der Waals surface area contributed by atoms with Gasteiger partial charge in [0.2, 0.25) is 0 Å². The molecule has 3 aromatic rings. The molecule has 0 saturated heterocycles. The number of carbonyl (C=O) groups excluding carboxylic acids is 2. The second-order valence-corrected chi connectivity index (χ2v) is 6.25. The van der Waals surface area contributed by atoms with Crippen LogP contribution in [0.4, 0.5) is 11.4 Å². The number of anilines is 2. The Bertz CT molecular complexity index is 1030. The number of rotatable bonds is 6. The van der Waals surface area contributed by atoms with Crippen molar-refractivity contribution in [3.63, 3.8) is 0 Å². The molecule has 7 nitrogen and oxygen atoms in total. The number of aromatic nitrogens is 1. The Hall–Kier alpha value is -3.87. The second-order valence-electron chi connectivity index (χ2n) is 6.25. The summed E-state index contributed by atoms with van der Waals surface area (Å²) >= 11 is 0. The first-order chi connectivity index (χ1) is 14.0. The average molecular weight is 391 g/mol. The van der Waals surface area contributed by atoms with Crippen LogP contribution in [0, 0.1) is 6.92 Å². The van der Waals surface area contributed by atoms with Crippen LogP contribution in [0.25, 0.3) is 0 Å². The molecule has 0 aliphatic carbocycles. The number of carbonyl (C=O) groups is 2. The minimum Gasteiger partial charge on any atom is -0.493 e. The van der Waals surface area contributed by atoms with Crippen LogP contribution < -0.4 is 20.1 Å². The molecule has 2 N–H and O–H groups in total. The monoisotopic (exact) mass is 391 g/mol. The van der Waals surface area contributed by atoms with E-state index in [0.717, 1.165) is 5.56 Å². The maximum atomic E-state index is 12.6. The lowest BCUT2D eigenvalue weighted by Gasteiger charge is -2.11. The van der Waals surface area contributed by atoms with Crippen molar-refractivity contribution >= 4 is 23.2 Å². The predicted molar refractivity (Wildman–Crippen MR) is 111 cm³/mol. The van der Waals surface area contributed by atoms with Crippen LogP contribution in [0.1, 0.15) is 26.5 Å². The highest BCUT2D eigenvalue weighted by atomic mass is 16.5. The first-order valence-electron chi connectivity index (χ1n) is 8.88. The molecule has 1 aromatic heterocycles. The van der Waals surface area contributed by atoms with E-state index >= 15 is 0 Å². The zero-order valence-corrected chi connectivity index (χ0v) is 16.4. The van der Waals surface area contributed by atoms with Crippen LogP contribution in [0.5, 0.6) is 11.5 Å². The van der Waals surface area contributed by atoms with E-state index in [9.17, 15) is 9.59 Å². The van der Waals surface area contributed by atoms with Gasteiger partial charge in [0.25, 0.3) is 11.8 Å². The fraction of sp³-hybridized carbons (Fsp3) is 0.136. The summed E-state index contributed by atoms with van der Waals surface area (Å²) in [6.45, 7) is 1.97. The highest BCUT2D eigenvalue weighted by Gasteiger charge is 2.14. The fourth-order valence-electron chi connectivity index (χ4n) is 2.63. The predicted octanol–water partition coefficient (Wildman–Crippen LogP) is 3.91. The van der Waals surface area contributed by atoms with Gasteiger partial charge in [-0.1, -0.05) is 23.8 Å². The van der Waals surface area contributed by atoms with Crippen LogP contribution in [0.2, 0.25) is 0 Å². The maximum Gasteiger partial charge on any atom is 0.274 e. The van der Waals surface area contributed by atoms with Gasteiger partial charge in [-0.15, -0.1) is 0 Å². The summed E-state index contributed by atoms with van der Waals surface area (Å²) in [5.41, 5.74) is 2.53. The summed E-state index contributed by atoms with van der Waals surface area (Å²) in [5.74, 6) is 0.208. The smallest absolute Gasteiger partial charge is 0.274 e. The van der Waals surface area contributed by atoms with E-state index in [2.05, 4.69) is 15.6 Å². The molecule has 1 heterocycles. The van der Waals surface area contributed by atoms with Gasteiger partial charge in [0.05, 0.1) is 14.2 Å². The normalized spacial score (nSPS) is 10.2.